The van der Waals surface area contributed by atoms with Gasteiger partial charge < -0.3 is 5.32 Å². The van der Waals surface area contributed by atoms with E-state index in [4.69, 9.17) is 0 Å². The van der Waals surface area contributed by atoms with Crippen molar-refractivity contribution in [3.8, 4) is 0 Å². The van der Waals surface area contributed by atoms with Crippen LogP contribution in [0.15, 0.2) is 30.9 Å². The monoisotopic (exact) mass is 347 g/mol. The highest BCUT2D eigenvalue weighted by atomic mass is 19.1. The first-order chi connectivity index (χ1) is 11.8. The van der Waals surface area contributed by atoms with Crippen molar-refractivity contribution in [1.29, 1.82) is 0 Å². The predicted molar refractivity (Wildman–Crippen MR) is 84.1 cm³/mol. The molecule has 1 N–H and O–H groups in total. The second-order valence-electron chi connectivity index (χ2n) is 5.18. The zero-order valence-electron chi connectivity index (χ0n) is 13.2. The Bertz CT molecular complexity index is 805. The number of benzene rings is 1. The van der Waals surface area contributed by atoms with Crippen molar-refractivity contribution in [3.63, 3.8) is 0 Å². The fourth-order valence-corrected chi connectivity index (χ4v) is 2.23. The maximum absolute atomic E-state index is 14.0. The van der Waals surface area contributed by atoms with E-state index in [2.05, 4.69) is 11.9 Å². The van der Waals surface area contributed by atoms with Gasteiger partial charge in [-0.1, -0.05) is 6.08 Å². The zero-order valence-corrected chi connectivity index (χ0v) is 13.2. The Morgan fingerprint density at radius 2 is 1.84 bits per heavy atom. The Kier molecular flexibility index (Phi) is 5.06. The number of carbonyl (C=O) groups is 5. The molecule has 0 atom stereocenters. The third kappa shape index (κ3) is 3.60. The van der Waals surface area contributed by atoms with E-state index in [1.165, 1.54) is 19.1 Å². The number of anilines is 1. The van der Waals surface area contributed by atoms with Crippen LogP contribution >= 0.6 is 0 Å². The van der Waals surface area contributed by atoms with Crippen molar-refractivity contribution in [2.45, 2.75) is 6.92 Å². The van der Waals surface area contributed by atoms with Gasteiger partial charge in [0.2, 0.25) is 5.91 Å². The Morgan fingerprint density at radius 3 is 2.40 bits per heavy atom. The number of hydrogen-bond acceptors (Lipinski definition) is 5. The summed E-state index contributed by atoms with van der Waals surface area (Å²) in [5.74, 6) is -4.42. The first-order valence-corrected chi connectivity index (χ1v) is 7.14. The number of nitrogens with zero attached hydrogens (tertiary/aromatic N) is 2. The molecule has 0 spiro atoms. The number of halogens is 1. The van der Waals surface area contributed by atoms with Crippen molar-refractivity contribution in [2.75, 3.05) is 18.4 Å². The topological polar surface area (TPSA) is 104 Å². The molecule has 0 radical (unpaired) electrons. The molecule has 1 aromatic rings. The summed E-state index contributed by atoms with van der Waals surface area (Å²) in [6.07, 6.45) is 1.26. The van der Waals surface area contributed by atoms with Gasteiger partial charge in [-0.3, -0.25) is 24.1 Å². The van der Waals surface area contributed by atoms with E-state index in [1.54, 1.807) is 0 Å². The standard InChI is InChI=1S/C16H14FN3O5/c1-3-6-19-14(23)15(24)20(16(19)25)8-13(22)11-5-4-10(7-12(11)17)18-9(2)21/h3-5,7H,1,6,8H2,2H3,(H,18,21). The molecule has 130 valence electrons. The average Bonchev–Trinajstić information content (AvgIpc) is 2.72. The van der Waals surface area contributed by atoms with Gasteiger partial charge in [-0.2, -0.15) is 0 Å². The third-order valence-corrected chi connectivity index (χ3v) is 3.34. The quantitative estimate of drug-likeness (QED) is 0.357. The third-order valence-electron chi connectivity index (χ3n) is 3.34. The lowest BCUT2D eigenvalue weighted by atomic mass is 10.1. The molecule has 1 aromatic carbocycles. The highest BCUT2D eigenvalue weighted by molar-refractivity contribution is 6.45. The SMILES string of the molecule is C=CCN1C(=O)C(=O)N(CC(=O)c2ccc(NC(C)=O)cc2F)C1=O. The van der Waals surface area contributed by atoms with Gasteiger partial charge in [0.25, 0.3) is 0 Å². The van der Waals surface area contributed by atoms with Crippen LogP contribution in [0, 0.1) is 5.82 Å². The summed E-state index contributed by atoms with van der Waals surface area (Å²) in [6, 6.07) is 2.41. The number of rotatable bonds is 6. The van der Waals surface area contributed by atoms with Crippen LogP contribution in [0.4, 0.5) is 14.9 Å². The Morgan fingerprint density at radius 1 is 1.20 bits per heavy atom. The molecule has 1 heterocycles. The van der Waals surface area contributed by atoms with Crippen molar-refractivity contribution in [2.24, 2.45) is 0 Å². The Labute approximate surface area is 141 Å². The molecule has 9 heteroatoms. The fourth-order valence-electron chi connectivity index (χ4n) is 2.23. The molecular formula is C16H14FN3O5. The van der Waals surface area contributed by atoms with Crippen LogP contribution in [-0.2, 0) is 14.4 Å². The van der Waals surface area contributed by atoms with E-state index in [0.717, 1.165) is 12.1 Å². The minimum Gasteiger partial charge on any atom is -0.326 e. The van der Waals surface area contributed by atoms with Crippen molar-refractivity contribution in [3.05, 3.63) is 42.2 Å². The number of amides is 5. The lowest BCUT2D eigenvalue weighted by molar-refractivity contribution is -0.142. The predicted octanol–water partition coefficient (Wildman–Crippen LogP) is 0.944. The van der Waals surface area contributed by atoms with Gasteiger partial charge in [0.15, 0.2) is 5.78 Å². The first kappa shape index (κ1) is 18.0. The largest absolute Gasteiger partial charge is 0.334 e. The molecule has 1 aliphatic heterocycles. The first-order valence-electron chi connectivity index (χ1n) is 7.14. The lowest BCUT2D eigenvalue weighted by Crippen LogP contribution is -2.37. The number of imide groups is 2. The summed E-state index contributed by atoms with van der Waals surface area (Å²) in [4.78, 5) is 59.7. The molecule has 1 saturated heterocycles. The number of urea groups is 1. The smallest absolute Gasteiger partial charge is 0.326 e. The summed E-state index contributed by atoms with van der Waals surface area (Å²) in [7, 11) is 0. The second-order valence-corrected chi connectivity index (χ2v) is 5.18. The Balaban J connectivity index is 2.18. The van der Waals surface area contributed by atoms with E-state index in [1.807, 2.05) is 0 Å². The van der Waals surface area contributed by atoms with Crippen LogP contribution in [0.1, 0.15) is 17.3 Å². The number of nitrogens with one attached hydrogen (secondary N) is 1. The molecule has 8 nitrogen and oxygen atoms in total. The molecule has 0 bridgehead atoms. The molecule has 1 fully saturated rings. The van der Waals surface area contributed by atoms with E-state index < -0.39 is 41.9 Å². The van der Waals surface area contributed by atoms with Gasteiger partial charge in [0, 0.05) is 19.2 Å². The normalized spacial score (nSPS) is 14.1. The van der Waals surface area contributed by atoms with Crippen LogP contribution in [0.3, 0.4) is 0 Å². The van der Waals surface area contributed by atoms with E-state index in [0.29, 0.717) is 9.80 Å². The van der Waals surface area contributed by atoms with Gasteiger partial charge in [-0.05, 0) is 18.2 Å². The van der Waals surface area contributed by atoms with Crippen LogP contribution in [0.5, 0.6) is 0 Å². The molecule has 0 saturated carbocycles. The second kappa shape index (κ2) is 7.04. The molecule has 0 aliphatic carbocycles. The zero-order chi connectivity index (χ0) is 18.7. The minimum absolute atomic E-state index is 0.155. The molecule has 2 rings (SSSR count). The van der Waals surface area contributed by atoms with Crippen LogP contribution < -0.4 is 5.32 Å². The lowest BCUT2D eigenvalue weighted by Gasteiger charge is -2.14. The molecule has 5 amide bonds. The molecule has 0 unspecified atom stereocenters. The number of Topliss-reactive ketones (excluding diaryl/α,β-unsaturated/α-hetero) is 1. The van der Waals surface area contributed by atoms with Crippen LogP contribution in [-0.4, -0.2) is 52.4 Å². The molecular weight excluding hydrogens is 333 g/mol. The average molecular weight is 347 g/mol. The maximum Gasteiger partial charge on any atom is 0.334 e. The summed E-state index contributed by atoms with van der Waals surface area (Å²) in [6.45, 7) is 3.67. The molecule has 1 aliphatic rings. The van der Waals surface area contributed by atoms with Crippen LogP contribution in [0.2, 0.25) is 0 Å². The van der Waals surface area contributed by atoms with Gasteiger partial charge in [-0.15, -0.1) is 6.58 Å². The fraction of sp³-hybridized carbons (Fsp3) is 0.188. The highest BCUT2D eigenvalue weighted by Crippen LogP contribution is 2.18. The summed E-state index contributed by atoms with van der Waals surface area (Å²) >= 11 is 0. The van der Waals surface area contributed by atoms with Crippen molar-refractivity contribution in [1.82, 2.24) is 9.80 Å². The summed E-state index contributed by atoms with van der Waals surface area (Å²) in [5, 5.41) is 2.36. The molecule has 0 aromatic heterocycles. The van der Waals surface area contributed by atoms with Gasteiger partial charge in [-0.25, -0.2) is 14.1 Å². The van der Waals surface area contributed by atoms with E-state index >= 15 is 0 Å². The van der Waals surface area contributed by atoms with Gasteiger partial charge in [0.1, 0.15) is 5.82 Å². The van der Waals surface area contributed by atoms with Crippen molar-refractivity contribution < 1.29 is 28.4 Å². The summed E-state index contributed by atoms with van der Waals surface area (Å²) in [5.41, 5.74) is -0.216. The summed E-state index contributed by atoms with van der Waals surface area (Å²) < 4.78 is 14.0. The minimum atomic E-state index is -1.16. The van der Waals surface area contributed by atoms with Gasteiger partial charge in [0.05, 0.1) is 12.1 Å². The number of hydrogen-bond donors (Lipinski definition) is 1. The molecule has 25 heavy (non-hydrogen) atoms. The van der Waals surface area contributed by atoms with Crippen molar-refractivity contribution >= 4 is 35.2 Å². The van der Waals surface area contributed by atoms with Crippen LogP contribution in [0.25, 0.3) is 0 Å². The van der Waals surface area contributed by atoms with Gasteiger partial charge >= 0.3 is 17.8 Å². The number of carbonyl (C=O) groups excluding carboxylic acids is 5. The maximum atomic E-state index is 14.0. The highest BCUT2D eigenvalue weighted by Gasteiger charge is 2.44. The van der Waals surface area contributed by atoms with E-state index in [-0.39, 0.29) is 17.8 Å². The van der Waals surface area contributed by atoms with E-state index in [9.17, 15) is 28.4 Å². The number of ketones is 1. The Hall–Kier alpha value is -3.36.